The lowest BCUT2D eigenvalue weighted by molar-refractivity contribution is -0.0185. The van der Waals surface area contributed by atoms with Crippen molar-refractivity contribution in [3.05, 3.63) is 72.3 Å². The predicted molar refractivity (Wildman–Crippen MR) is 129 cm³/mol. The van der Waals surface area contributed by atoms with Crippen LogP contribution in [0, 0.1) is 5.92 Å². The highest BCUT2D eigenvalue weighted by Crippen LogP contribution is 2.59. The van der Waals surface area contributed by atoms with E-state index in [2.05, 4.69) is 26.8 Å². The van der Waals surface area contributed by atoms with E-state index in [9.17, 15) is 5.11 Å². The topological polar surface area (TPSA) is 49.8 Å². The first-order valence-electron chi connectivity index (χ1n) is 11.4. The van der Waals surface area contributed by atoms with Crippen LogP contribution in [0.4, 0.5) is 0 Å². The fourth-order valence-electron chi connectivity index (χ4n) is 5.36. The fourth-order valence-corrected chi connectivity index (χ4v) is 8.96. The Balaban J connectivity index is 1.82. The first-order valence-corrected chi connectivity index (χ1v) is 13.2. The lowest BCUT2D eigenvalue weighted by Crippen LogP contribution is -2.50. The first-order chi connectivity index (χ1) is 14.7. The van der Waals surface area contributed by atoms with Crippen LogP contribution >= 0.6 is 7.14 Å². The Kier molecular flexibility index (Phi) is 6.07. The maximum absolute atomic E-state index is 15.2. The zero-order valence-corrected chi connectivity index (χ0v) is 20.0. The molecule has 1 heterocycles. The average molecular weight is 439 g/mol. The Morgan fingerprint density at radius 1 is 1.16 bits per heavy atom. The molecule has 5 atom stereocenters. The Morgan fingerprint density at radius 2 is 1.71 bits per heavy atom. The second-order valence-electron chi connectivity index (χ2n) is 9.98. The van der Waals surface area contributed by atoms with Gasteiger partial charge in [0.05, 0.1) is 23.0 Å². The SMILES string of the molecule is CC(C)=CC[C@H]([C@@](C)(O)[C@H]1CC[C@@]2(C)O[C@H]2C1)P(=O)(c1ccccc1)c1ccccc1. The van der Waals surface area contributed by atoms with Gasteiger partial charge in [-0.2, -0.15) is 0 Å². The molecule has 0 spiro atoms. The van der Waals surface area contributed by atoms with E-state index in [0.29, 0.717) is 6.42 Å². The van der Waals surface area contributed by atoms with Crippen LogP contribution in [0.3, 0.4) is 0 Å². The van der Waals surface area contributed by atoms with E-state index in [1.807, 2.05) is 67.6 Å². The lowest BCUT2D eigenvalue weighted by Gasteiger charge is -2.44. The van der Waals surface area contributed by atoms with Crippen molar-refractivity contribution in [1.29, 1.82) is 0 Å². The molecule has 0 bridgehead atoms. The number of epoxide rings is 1. The number of benzene rings is 2. The fraction of sp³-hybridized carbons (Fsp3) is 0.481. The summed E-state index contributed by atoms with van der Waals surface area (Å²) in [6.45, 7) is 8.21. The average Bonchev–Trinajstić information content (AvgIpc) is 3.45. The lowest BCUT2D eigenvalue weighted by atomic mass is 9.73. The van der Waals surface area contributed by atoms with Gasteiger partial charge in [0.15, 0.2) is 0 Å². The zero-order chi connectivity index (χ0) is 22.3. The minimum Gasteiger partial charge on any atom is -0.389 e. The molecule has 0 aromatic heterocycles. The molecule has 0 amide bonds. The monoisotopic (exact) mass is 438 g/mol. The second-order valence-corrected chi connectivity index (χ2v) is 13.0. The van der Waals surface area contributed by atoms with Crippen molar-refractivity contribution in [2.24, 2.45) is 5.92 Å². The summed E-state index contributed by atoms with van der Waals surface area (Å²) in [4.78, 5) is 0. The molecule has 1 saturated carbocycles. The van der Waals surface area contributed by atoms with E-state index < -0.39 is 18.4 Å². The molecule has 31 heavy (non-hydrogen) atoms. The summed E-state index contributed by atoms with van der Waals surface area (Å²) in [6.07, 6.45) is 5.62. The molecule has 4 rings (SSSR count). The van der Waals surface area contributed by atoms with Gasteiger partial charge in [-0.25, -0.2) is 0 Å². The van der Waals surface area contributed by atoms with E-state index in [-0.39, 0.29) is 17.6 Å². The van der Waals surface area contributed by atoms with E-state index >= 15 is 4.57 Å². The summed E-state index contributed by atoms with van der Waals surface area (Å²) < 4.78 is 21.1. The zero-order valence-electron chi connectivity index (χ0n) is 19.1. The number of hydrogen-bond acceptors (Lipinski definition) is 3. The molecule has 1 aliphatic heterocycles. The Hall–Kier alpha value is -1.67. The number of fused-ring (bicyclic) bond motifs is 1. The molecule has 0 radical (unpaired) electrons. The highest BCUT2D eigenvalue weighted by molar-refractivity contribution is 7.79. The molecule has 0 unspecified atom stereocenters. The molecule has 1 saturated heterocycles. The predicted octanol–water partition coefficient (Wildman–Crippen LogP) is 5.43. The molecule has 4 heteroatoms. The molecule has 2 aliphatic rings. The highest BCUT2D eigenvalue weighted by Gasteiger charge is 2.60. The van der Waals surface area contributed by atoms with Gasteiger partial charge in [0.1, 0.15) is 7.14 Å². The minimum absolute atomic E-state index is 0.00938. The van der Waals surface area contributed by atoms with Crippen molar-refractivity contribution in [3.63, 3.8) is 0 Å². The van der Waals surface area contributed by atoms with Crippen LogP contribution in [0.5, 0.6) is 0 Å². The molecule has 2 aromatic rings. The van der Waals surface area contributed by atoms with Gasteiger partial charge < -0.3 is 14.4 Å². The highest BCUT2D eigenvalue weighted by atomic mass is 31.2. The van der Waals surface area contributed by atoms with Crippen LogP contribution in [0.2, 0.25) is 0 Å². The van der Waals surface area contributed by atoms with Crippen molar-refractivity contribution in [1.82, 2.24) is 0 Å². The van der Waals surface area contributed by atoms with Crippen LogP contribution in [0.15, 0.2) is 72.3 Å². The number of aliphatic hydroxyl groups is 1. The molecular formula is C27H35O3P. The van der Waals surface area contributed by atoms with Gasteiger partial charge in [0.2, 0.25) is 0 Å². The number of hydrogen-bond donors (Lipinski definition) is 1. The molecule has 2 aromatic carbocycles. The Morgan fingerprint density at radius 3 is 2.19 bits per heavy atom. The largest absolute Gasteiger partial charge is 0.389 e. The summed E-state index contributed by atoms with van der Waals surface area (Å²) in [5.74, 6) is 0.0596. The van der Waals surface area contributed by atoms with Gasteiger partial charge in [0.25, 0.3) is 0 Å². The Bertz CT molecular complexity index is 935. The molecule has 1 N–H and O–H groups in total. The number of allylic oxidation sites excluding steroid dienone is 2. The summed E-state index contributed by atoms with van der Waals surface area (Å²) >= 11 is 0. The van der Waals surface area contributed by atoms with Crippen molar-refractivity contribution < 1.29 is 14.4 Å². The van der Waals surface area contributed by atoms with E-state index in [1.165, 1.54) is 5.57 Å². The van der Waals surface area contributed by atoms with Crippen LogP contribution in [-0.4, -0.2) is 28.1 Å². The third-order valence-corrected chi connectivity index (χ3v) is 11.2. The van der Waals surface area contributed by atoms with Crippen molar-refractivity contribution >= 4 is 17.8 Å². The summed E-state index contributed by atoms with van der Waals surface area (Å²) in [7, 11) is -3.14. The minimum atomic E-state index is -3.14. The number of ether oxygens (including phenoxy) is 1. The van der Waals surface area contributed by atoms with Crippen LogP contribution in [0.1, 0.15) is 53.4 Å². The van der Waals surface area contributed by atoms with Crippen LogP contribution in [-0.2, 0) is 9.30 Å². The normalized spacial score (nSPS) is 28.2. The molecule has 3 nitrogen and oxygen atoms in total. The molecule has 2 fully saturated rings. The smallest absolute Gasteiger partial charge is 0.149 e. The van der Waals surface area contributed by atoms with Crippen LogP contribution in [0.25, 0.3) is 0 Å². The number of rotatable bonds is 7. The van der Waals surface area contributed by atoms with Crippen molar-refractivity contribution in [3.8, 4) is 0 Å². The van der Waals surface area contributed by atoms with Gasteiger partial charge >= 0.3 is 0 Å². The van der Waals surface area contributed by atoms with E-state index in [0.717, 1.165) is 29.9 Å². The van der Waals surface area contributed by atoms with Crippen molar-refractivity contribution in [2.75, 3.05) is 0 Å². The quantitative estimate of drug-likeness (QED) is 0.356. The maximum Gasteiger partial charge on any atom is 0.149 e. The van der Waals surface area contributed by atoms with Crippen LogP contribution < -0.4 is 10.6 Å². The summed E-state index contributed by atoms with van der Waals surface area (Å²) in [5.41, 5.74) is -0.326. The van der Waals surface area contributed by atoms with Gasteiger partial charge in [-0.3, -0.25) is 0 Å². The summed E-state index contributed by atoms with van der Waals surface area (Å²) in [5, 5.41) is 13.8. The molecular weight excluding hydrogens is 403 g/mol. The van der Waals surface area contributed by atoms with Crippen molar-refractivity contribution in [2.45, 2.75) is 76.3 Å². The van der Waals surface area contributed by atoms with Gasteiger partial charge in [-0.15, -0.1) is 0 Å². The molecule has 1 aliphatic carbocycles. The Labute approximate surface area is 186 Å². The van der Waals surface area contributed by atoms with Gasteiger partial charge in [-0.1, -0.05) is 72.3 Å². The van der Waals surface area contributed by atoms with Gasteiger partial charge in [0, 0.05) is 10.6 Å². The summed E-state index contributed by atoms with van der Waals surface area (Å²) in [6, 6.07) is 19.5. The van der Waals surface area contributed by atoms with Gasteiger partial charge in [-0.05, 0) is 59.3 Å². The standard InChI is InChI=1S/C27H35O3P/c1-20(2)15-16-25(27(4,28)21-17-18-26(3)24(19-21)30-26)31(29,22-11-7-5-8-12-22)23-13-9-6-10-14-23/h5-15,21,24-25,28H,16-19H2,1-4H3/t21-,24-,25+,26+,27-/m0/s1. The van der Waals surface area contributed by atoms with E-state index in [4.69, 9.17) is 4.74 Å². The second kappa shape index (κ2) is 8.35. The first kappa shape index (κ1) is 22.5. The molecule has 166 valence electrons. The maximum atomic E-state index is 15.2. The van der Waals surface area contributed by atoms with E-state index in [1.54, 1.807) is 0 Å². The third kappa shape index (κ3) is 4.21. The third-order valence-electron chi connectivity index (χ3n) is 7.49.